The molecule has 6 nitrogen and oxygen atoms in total. The monoisotopic (exact) mass is 338 g/mol. The lowest BCUT2D eigenvalue weighted by Crippen LogP contribution is -2.34. The van der Waals surface area contributed by atoms with Gasteiger partial charge in [0.05, 0.1) is 12.4 Å². The van der Waals surface area contributed by atoms with Crippen LogP contribution in [0.3, 0.4) is 0 Å². The second-order valence-electron chi connectivity index (χ2n) is 7.18. The van der Waals surface area contributed by atoms with Crippen LogP contribution in [-0.4, -0.2) is 42.8 Å². The number of likely N-dealkylation sites (tertiary alicyclic amines) is 1. The summed E-state index contributed by atoms with van der Waals surface area (Å²) in [5.74, 6) is 0.546. The number of piperidine rings is 1. The molecule has 0 aliphatic carbocycles. The summed E-state index contributed by atoms with van der Waals surface area (Å²) in [6.07, 6.45) is 7.45. The van der Waals surface area contributed by atoms with Crippen LogP contribution in [0.4, 0.5) is 0 Å². The van der Waals surface area contributed by atoms with Gasteiger partial charge in [0.2, 0.25) is 0 Å². The standard InChI is InChI=1S/C19H26N6/c1-4-15-9-20-23-18(15)16-6-5-7-24(11-16)12-17-10-21-25-14(3)8-13(2)22-19(17)25/h8-10,16H,4-7,11-12H2,1-3H3,(H,20,23). The highest BCUT2D eigenvalue weighted by atomic mass is 15.3. The van der Waals surface area contributed by atoms with E-state index in [0.717, 1.165) is 43.1 Å². The molecule has 0 saturated carbocycles. The molecule has 4 rings (SSSR count). The molecule has 0 aromatic carbocycles. The van der Waals surface area contributed by atoms with Crippen LogP contribution >= 0.6 is 0 Å². The van der Waals surface area contributed by atoms with Crippen LogP contribution in [0.2, 0.25) is 0 Å². The van der Waals surface area contributed by atoms with E-state index in [9.17, 15) is 0 Å². The summed E-state index contributed by atoms with van der Waals surface area (Å²) in [5, 5.41) is 12.0. The minimum atomic E-state index is 0.546. The number of aromatic amines is 1. The molecular formula is C19H26N6. The van der Waals surface area contributed by atoms with Gasteiger partial charge in [0.1, 0.15) is 0 Å². The predicted octanol–water partition coefficient (Wildman–Crippen LogP) is 3.01. The summed E-state index contributed by atoms with van der Waals surface area (Å²) in [4.78, 5) is 7.25. The van der Waals surface area contributed by atoms with Crippen LogP contribution < -0.4 is 0 Å². The van der Waals surface area contributed by atoms with Gasteiger partial charge in [0, 0.05) is 41.7 Å². The van der Waals surface area contributed by atoms with Gasteiger partial charge in [0.25, 0.3) is 0 Å². The van der Waals surface area contributed by atoms with Gasteiger partial charge < -0.3 is 0 Å². The Labute approximate surface area is 148 Å². The summed E-state index contributed by atoms with van der Waals surface area (Å²) in [7, 11) is 0. The van der Waals surface area contributed by atoms with E-state index in [1.807, 2.05) is 23.8 Å². The van der Waals surface area contributed by atoms with Crippen molar-refractivity contribution in [2.75, 3.05) is 13.1 Å². The molecule has 1 fully saturated rings. The lowest BCUT2D eigenvalue weighted by Gasteiger charge is -2.32. The van der Waals surface area contributed by atoms with Crippen molar-refractivity contribution >= 4 is 5.65 Å². The Bertz CT molecular complexity index is 877. The number of fused-ring (bicyclic) bond motifs is 1. The van der Waals surface area contributed by atoms with Gasteiger partial charge in [-0.1, -0.05) is 6.92 Å². The fourth-order valence-corrected chi connectivity index (χ4v) is 4.06. The van der Waals surface area contributed by atoms with E-state index < -0.39 is 0 Å². The van der Waals surface area contributed by atoms with Crippen molar-refractivity contribution in [2.45, 2.75) is 52.5 Å². The molecule has 1 atom stereocenters. The molecule has 6 heteroatoms. The van der Waals surface area contributed by atoms with Crippen LogP contribution in [-0.2, 0) is 13.0 Å². The van der Waals surface area contributed by atoms with Crippen LogP contribution in [0, 0.1) is 13.8 Å². The fourth-order valence-electron chi connectivity index (χ4n) is 4.06. The molecule has 1 aliphatic heterocycles. The number of nitrogens with one attached hydrogen (secondary N) is 1. The van der Waals surface area contributed by atoms with Gasteiger partial charge in [0.15, 0.2) is 5.65 Å². The highest BCUT2D eigenvalue weighted by Crippen LogP contribution is 2.29. The number of nitrogens with zero attached hydrogens (tertiary/aromatic N) is 5. The highest BCUT2D eigenvalue weighted by Gasteiger charge is 2.25. The third-order valence-electron chi connectivity index (χ3n) is 5.29. The smallest absolute Gasteiger partial charge is 0.159 e. The Kier molecular flexibility index (Phi) is 4.29. The van der Waals surface area contributed by atoms with Crippen molar-refractivity contribution < 1.29 is 0 Å². The highest BCUT2D eigenvalue weighted by molar-refractivity contribution is 5.47. The zero-order chi connectivity index (χ0) is 17.4. The molecule has 1 saturated heterocycles. The summed E-state index contributed by atoms with van der Waals surface area (Å²) in [6.45, 7) is 9.44. The number of hydrogen-bond donors (Lipinski definition) is 1. The third kappa shape index (κ3) is 3.06. The number of aromatic nitrogens is 5. The minimum Gasteiger partial charge on any atom is -0.298 e. The molecule has 3 aromatic rings. The van der Waals surface area contributed by atoms with E-state index in [2.05, 4.69) is 40.1 Å². The third-order valence-corrected chi connectivity index (χ3v) is 5.29. The van der Waals surface area contributed by atoms with Crippen molar-refractivity contribution in [2.24, 2.45) is 0 Å². The molecular weight excluding hydrogens is 312 g/mol. The first kappa shape index (κ1) is 16.3. The SMILES string of the molecule is CCc1cn[nH]c1C1CCCN(Cc2cnn3c(C)cc(C)nc23)C1. The number of aryl methyl sites for hydroxylation is 3. The van der Waals surface area contributed by atoms with Crippen molar-refractivity contribution in [3.05, 3.63) is 46.7 Å². The maximum absolute atomic E-state index is 4.72. The van der Waals surface area contributed by atoms with Crippen molar-refractivity contribution in [3.63, 3.8) is 0 Å². The van der Waals surface area contributed by atoms with E-state index in [1.165, 1.54) is 29.7 Å². The molecule has 1 aliphatic rings. The van der Waals surface area contributed by atoms with E-state index in [-0.39, 0.29) is 0 Å². The molecule has 1 N–H and O–H groups in total. The van der Waals surface area contributed by atoms with Crippen LogP contribution in [0.5, 0.6) is 0 Å². The first-order valence-corrected chi connectivity index (χ1v) is 9.21. The van der Waals surface area contributed by atoms with Gasteiger partial charge in [-0.3, -0.25) is 10.00 Å². The minimum absolute atomic E-state index is 0.546. The number of H-pyrrole nitrogens is 1. The zero-order valence-corrected chi connectivity index (χ0v) is 15.3. The summed E-state index contributed by atoms with van der Waals surface area (Å²) < 4.78 is 1.95. The summed E-state index contributed by atoms with van der Waals surface area (Å²) in [6, 6.07) is 2.07. The molecule has 0 amide bonds. The predicted molar refractivity (Wildman–Crippen MR) is 97.7 cm³/mol. The Hall–Kier alpha value is -2.21. The lowest BCUT2D eigenvalue weighted by atomic mass is 9.92. The first-order chi connectivity index (χ1) is 12.2. The molecule has 0 bridgehead atoms. The quantitative estimate of drug-likeness (QED) is 0.794. The van der Waals surface area contributed by atoms with Crippen LogP contribution in [0.25, 0.3) is 5.65 Å². The van der Waals surface area contributed by atoms with Gasteiger partial charge in [-0.2, -0.15) is 10.2 Å². The average Bonchev–Trinajstić information content (AvgIpc) is 3.22. The molecule has 25 heavy (non-hydrogen) atoms. The summed E-state index contributed by atoms with van der Waals surface area (Å²) in [5.41, 5.74) is 7.08. The Morgan fingerprint density at radius 3 is 2.96 bits per heavy atom. The van der Waals surface area contributed by atoms with Crippen molar-refractivity contribution in [3.8, 4) is 0 Å². The molecule has 3 aromatic heterocycles. The maximum atomic E-state index is 4.72. The Balaban J connectivity index is 1.55. The lowest BCUT2D eigenvalue weighted by molar-refractivity contribution is 0.198. The fraction of sp³-hybridized carbons (Fsp3) is 0.526. The van der Waals surface area contributed by atoms with Crippen LogP contribution in [0.15, 0.2) is 18.5 Å². The number of rotatable bonds is 4. The Morgan fingerprint density at radius 1 is 1.24 bits per heavy atom. The van der Waals surface area contributed by atoms with E-state index in [4.69, 9.17) is 4.98 Å². The van der Waals surface area contributed by atoms with Crippen molar-refractivity contribution in [1.29, 1.82) is 0 Å². The molecule has 4 heterocycles. The van der Waals surface area contributed by atoms with Gasteiger partial charge in [-0.15, -0.1) is 0 Å². The average molecular weight is 338 g/mol. The first-order valence-electron chi connectivity index (χ1n) is 9.21. The normalized spacial score (nSPS) is 18.9. The largest absolute Gasteiger partial charge is 0.298 e. The topological polar surface area (TPSA) is 62.1 Å². The second kappa shape index (κ2) is 6.59. The second-order valence-corrected chi connectivity index (χ2v) is 7.18. The maximum Gasteiger partial charge on any atom is 0.159 e. The zero-order valence-electron chi connectivity index (χ0n) is 15.3. The molecule has 1 unspecified atom stereocenters. The molecule has 0 radical (unpaired) electrons. The van der Waals surface area contributed by atoms with Gasteiger partial charge >= 0.3 is 0 Å². The van der Waals surface area contributed by atoms with Gasteiger partial charge in [-0.25, -0.2) is 9.50 Å². The van der Waals surface area contributed by atoms with Crippen LogP contribution in [0.1, 0.15) is 53.9 Å². The summed E-state index contributed by atoms with van der Waals surface area (Å²) >= 11 is 0. The van der Waals surface area contributed by atoms with Gasteiger partial charge in [-0.05, 0) is 51.3 Å². The number of hydrogen-bond acceptors (Lipinski definition) is 4. The van der Waals surface area contributed by atoms with E-state index in [1.54, 1.807) is 0 Å². The molecule has 0 spiro atoms. The van der Waals surface area contributed by atoms with E-state index >= 15 is 0 Å². The molecule has 132 valence electrons. The van der Waals surface area contributed by atoms with Crippen molar-refractivity contribution in [1.82, 2.24) is 29.7 Å². The Morgan fingerprint density at radius 2 is 2.12 bits per heavy atom. The van der Waals surface area contributed by atoms with E-state index in [0.29, 0.717) is 5.92 Å².